The van der Waals surface area contributed by atoms with Crippen LogP contribution in [0.5, 0.6) is 0 Å². The Labute approximate surface area is 152 Å². The molecular formula is C22H32ClF. The molecule has 2 fully saturated rings. The van der Waals surface area contributed by atoms with Crippen LogP contribution in [0.15, 0.2) is 18.2 Å². The lowest BCUT2D eigenvalue weighted by Crippen LogP contribution is -2.17. The normalized spacial score (nSPS) is 31.1. The summed E-state index contributed by atoms with van der Waals surface area (Å²) < 4.78 is 13.7. The average molecular weight is 351 g/mol. The zero-order valence-electron chi connectivity index (χ0n) is 15.1. The maximum absolute atomic E-state index is 13.7. The molecule has 0 amide bonds. The number of hydrogen-bond acceptors (Lipinski definition) is 0. The molecule has 134 valence electrons. The quantitative estimate of drug-likeness (QED) is 0.509. The van der Waals surface area contributed by atoms with Crippen LogP contribution >= 0.6 is 11.6 Å². The minimum Gasteiger partial charge on any atom is -0.205 e. The molecule has 0 unspecified atom stereocenters. The van der Waals surface area contributed by atoms with Gasteiger partial charge in [-0.25, -0.2) is 4.39 Å². The molecule has 0 nitrogen and oxygen atoms in total. The van der Waals surface area contributed by atoms with Gasteiger partial charge in [-0.05, 0) is 67.1 Å². The number of rotatable bonds is 5. The Hall–Kier alpha value is -0.560. The van der Waals surface area contributed by atoms with E-state index >= 15 is 0 Å². The van der Waals surface area contributed by atoms with Gasteiger partial charge in [0.25, 0.3) is 0 Å². The van der Waals surface area contributed by atoms with Crippen molar-refractivity contribution in [1.29, 1.82) is 0 Å². The van der Waals surface area contributed by atoms with Crippen LogP contribution in [-0.4, -0.2) is 0 Å². The van der Waals surface area contributed by atoms with Gasteiger partial charge >= 0.3 is 0 Å². The van der Waals surface area contributed by atoms with Gasteiger partial charge < -0.3 is 0 Å². The predicted molar refractivity (Wildman–Crippen MR) is 101 cm³/mol. The maximum atomic E-state index is 13.7. The minimum absolute atomic E-state index is 0.241. The van der Waals surface area contributed by atoms with Crippen molar-refractivity contribution >= 4 is 11.6 Å². The van der Waals surface area contributed by atoms with Crippen LogP contribution in [0.25, 0.3) is 0 Å². The summed E-state index contributed by atoms with van der Waals surface area (Å²) in [5, 5.41) is 0.241. The van der Waals surface area contributed by atoms with E-state index in [9.17, 15) is 4.39 Å². The highest BCUT2D eigenvalue weighted by Gasteiger charge is 2.25. The van der Waals surface area contributed by atoms with E-state index in [4.69, 9.17) is 11.6 Å². The van der Waals surface area contributed by atoms with Gasteiger partial charge in [0.1, 0.15) is 5.82 Å². The summed E-state index contributed by atoms with van der Waals surface area (Å²) in [4.78, 5) is 0. The Balaban J connectivity index is 1.40. The second-order valence-electron chi connectivity index (χ2n) is 8.26. The molecule has 1 aromatic rings. The second-order valence-corrected chi connectivity index (χ2v) is 8.67. The first-order chi connectivity index (χ1) is 11.7. The molecule has 2 aliphatic rings. The van der Waals surface area contributed by atoms with E-state index in [1.165, 1.54) is 70.6 Å². The van der Waals surface area contributed by atoms with Gasteiger partial charge in [-0.3, -0.25) is 0 Å². The van der Waals surface area contributed by atoms with Crippen molar-refractivity contribution in [2.45, 2.75) is 83.5 Å². The smallest absolute Gasteiger partial charge is 0.142 e. The van der Waals surface area contributed by atoms with Gasteiger partial charge in [-0.15, -0.1) is 0 Å². The molecular weight excluding hydrogens is 319 g/mol. The summed E-state index contributed by atoms with van der Waals surface area (Å²) in [5.74, 6) is 3.18. The lowest BCUT2D eigenvalue weighted by atomic mass is 9.74. The SMILES string of the molecule is CC[C@H]1CC[C@H](CCC2CCC(c3ccc(Cl)c(F)c3)CC2)CC1. The second kappa shape index (κ2) is 8.70. The molecule has 2 heteroatoms. The Kier molecular flexibility index (Phi) is 6.61. The van der Waals surface area contributed by atoms with E-state index in [0.29, 0.717) is 5.92 Å². The highest BCUT2D eigenvalue weighted by atomic mass is 35.5. The van der Waals surface area contributed by atoms with Crippen LogP contribution in [0.1, 0.15) is 89.0 Å². The standard InChI is InChI=1S/C22H32ClF/c1-2-16-3-5-17(6-4-16)7-8-18-9-11-19(12-10-18)20-13-14-21(23)22(24)15-20/h13-19H,2-12H2,1H3/t16-,17-,18?,19?. The van der Waals surface area contributed by atoms with E-state index in [1.807, 2.05) is 6.07 Å². The van der Waals surface area contributed by atoms with Crippen LogP contribution in [0.3, 0.4) is 0 Å². The van der Waals surface area contributed by atoms with Crippen LogP contribution in [-0.2, 0) is 0 Å². The molecule has 0 radical (unpaired) electrons. The fraction of sp³-hybridized carbons (Fsp3) is 0.727. The van der Waals surface area contributed by atoms with Gasteiger partial charge in [0.15, 0.2) is 0 Å². The van der Waals surface area contributed by atoms with E-state index in [2.05, 4.69) is 6.92 Å². The molecule has 2 aliphatic carbocycles. The predicted octanol–water partition coefficient (Wildman–Crippen LogP) is 7.75. The summed E-state index contributed by atoms with van der Waals surface area (Å²) in [6, 6.07) is 5.38. The largest absolute Gasteiger partial charge is 0.205 e. The van der Waals surface area contributed by atoms with Crippen LogP contribution < -0.4 is 0 Å². The number of hydrogen-bond donors (Lipinski definition) is 0. The summed E-state index contributed by atoms with van der Waals surface area (Å²) in [7, 11) is 0. The van der Waals surface area contributed by atoms with E-state index < -0.39 is 0 Å². The Bertz CT molecular complexity index is 511. The van der Waals surface area contributed by atoms with Crippen LogP contribution in [0, 0.1) is 23.6 Å². The lowest BCUT2D eigenvalue weighted by molar-refractivity contribution is 0.227. The highest BCUT2D eigenvalue weighted by Crippen LogP contribution is 2.40. The molecule has 0 aliphatic heterocycles. The third-order valence-electron chi connectivity index (χ3n) is 6.79. The molecule has 0 N–H and O–H groups in total. The zero-order chi connectivity index (χ0) is 16.9. The fourth-order valence-corrected chi connectivity index (χ4v) is 5.07. The van der Waals surface area contributed by atoms with Crippen LogP contribution in [0.2, 0.25) is 5.02 Å². The molecule has 3 rings (SSSR count). The van der Waals surface area contributed by atoms with Gasteiger partial charge in [0.2, 0.25) is 0 Å². The van der Waals surface area contributed by atoms with Gasteiger partial charge in [-0.1, -0.05) is 69.5 Å². The van der Waals surface area contributed by atoms with E-state index in [1.54, 1.807) is 12.1 Å². The Morgan fingerprint density at radius 2 is 1.42 bits per heavy atom. The molecule has 0 spiro atoms. The monoisotopic (exact) mass is 350 g/mol. The third kappa shape index (κ3) is 4.75. The lowest BCUT2D eigenvalue weighted by Gasteiger charge is -2.32. The number of halogens is 2. The van der Waals surface area contributed by atoms with Crippen molar-refractivity contribution in [2.75, 3.05) is 0 Å². The van der Waals surface area contributed by atoms with E-state index in [-0.39, 0.29) is 10.8 Å². The molecule has 0 aromatic heterocycles. The molecule has 0 bridgehead atoms. The zero-order valence-corrected chi connectivity index (χ0v) is 15.8. The van der Waals surface area contributed by atoms with Crippen molar-refractivity contribution < 1.29 is 4.39 Å². The summed E-state index contributed by atoms with van der Waals surface area (Å²) >= 11 is 5.80. The van der Waals surface area contributed by atoms with Crippen LogP contribution in [0.4, 0.5) is 4.39 Å². The highest BCUT2D eigenvalue weighted by molar-refractivity contribution is 6.30. The minimum atomic E-state index is -0.265. The Morgan fingerprint density at radius 3 is 1.96 bits per heavy atom. The van der Waals surface area contributed by atoms with E-state index in [0.717, 1.165) is 23.3 Å². The first-order valence-corrected chi connectivity index (χ1v) is 10.5. The van der Waals surface area contributed by atoms with Crippen molar-refractivity contribution in [3.63, 3.8) is 0 Å². The number of benzene rings is 1. The summed E-state index contributed by atoms with van der Waals surface area (Å²) in [5.41, 5.74) is 1.15. The summed E-state index contributed by atoms with van der Waals surface area (Å²) in [6.07, 6.45) is 15.2. The molecule has 0 saturated heterocycles. The van der Waals surface area contributed by atoms with Crippen molar-refractivity contribution in [2.24, 2.45) is 17.8 Å². The summed E-state index contributed by atoms with van der Waals surface area (Å²) in [6.45, 7) is 2.34. The average Bonchev–Trinajstić information content (AvgIpc) is 2.63. The van der Waals surface area contributed by atoms with Crippen molar-refractivity contribution in [3.05, 3.63) is 34.6 Å². The van der Waals surface area contributed by atoms with Gasteiger partial charge in [0.05, 0.1) is 5.02 Å². The molecule has 0 heterocycles. The van der Waals surface area contributed by atoms with Crippen molar-refractivity contribution in [1.82, 2.24) is 0 Å². The molecule has 0 atom stereocenters. The molecule has 24 heavy (non-hydrogen) atoms. The first-order valence-electron chi connectivity index (χ1n) is 10.1. The van der Waals surface area contributed by atoms with Gasteiger partial charge in [-0.2, -0.15) is 0 Å². The fourth-order valence-electron chi connectivity index (χ4n) is 4.95. The Morgan fingerprint density at radius 1 is 0.875 bits per heavy atom. The van der Waals surface area contributed by atoms with Crippen molar-refractivity contribution in [3.8, 4) is 0 Å². The third-order valence-corrected chi connectivity index (χ3v) is 7.10. The topological polar surface area (TPSA) is 0 Å². The first kappa shape index (κ1) is 18.2. The maximum Gasteiger partial charge on any atom is 0.142 e. The molecule has 2 saturated carbocycles. The molecule has 1 aromatic carbocycles. The van der Waals surface area contributed by atoms with Gasteiger partial charge in [0, 0.05) is 0 Å².